The fourth-order valence-corrected chi connectivity index (χ4v) is 4.27. The molecule has 0 spiro atoms. The highest BCUT2D eigenvalue weighted by atomic mass is 19.1. The molecule has 1 fully saturated rings. The lowest BCUT2D eigenvalue weighted by Crippen LogP contribution is -2.42. The highest BCUT2D eigenvalue weighted by molar-refractivity contribution is 5.76. The zero-order valence-corrected chi connectivity index (χ0v) is 18.1. The van der Waals surface area contributed by atoms with Crippen molar-refractivity contribution in [2.75, 3.05) is 40.3 Å². The predicted octanol–water partition coefficient (Wildman–Crippen LogP) is 4.18. The number of carbonyl (C=O) groups excluding carboxylic acids is 1. The Bertz CT molecular complexity index is 809. The SMILES string of the molecule is COc1ccccc1CCN1CCC[C@@H](CN(C)C(=O)CCc2ccc(F)cc2)C1. The van der Waals surface area contributed by atoms with E-state index in [0.717, 1.165) is 43.9 Å². The van der Waals surface area contributed by atoms with E-state index in [1.807, 2.05) is 24.1 Å². The number of hydrogen-bond acceptors (Lipinski definition) is 3. The van der Waals surface area contributed by atoms with E-state index >= 15 is 0 Å². The van der Waals surface area contributed by atoms with Crippen LogP contribution in [0.4, 0.5) is 4.39 Å². The van der Waals surface area contributed by atoms with Gasteiger partial charge < -0.3 is 14.5 Å². The van der Waals surface area contributed by atoms with Gasteiger partial charge in [0.2, 0.25) is 5.91 Å². The van der Waals surface area contributed by atoms with E-state index in [2.05, 4.69) is 17.0 Å². The molecule has 1 heterocycles. The molecule has 0 bridgehead atoms. The minimum absolute atomic E-state index is 0.158. The zero-order valence-electron chi connectivity index (χ0n) is 18.1. The number of piperidine rings is 1. The molecule has 1 saturated heterocycles. The Morgan fingerprint density at radius 3 is 2.70 bits per heavy atom. The maximum absolute atomic E-state index is 13.0. The van der Waals surface area contributed by atoms with Gasteiger partial charge in [0.25, 0.3) is 0 Å². The first kappa shape index (κ1) is 22.3. The van der Waals surface area contributed by atoms with Crippen LogP contribution in [0.3, 0.4) is 0 Å². The lowest BCUT2D eigenvalue weighted by molar-refractivity contribution is -0.130. The van der Waals surface area contributed by atoms with Crippen molar-refractivity contribution < 1.29 is 13.9 Å². The van der Waals surface area contributed by atoms with Gasteiger partial charge in [-0.05, 0) is 67.5 Å². The third-order valence-corrected chi connectivity index (χ3v) is 5.99. The summed E-state index contributed by atoms with van der Waals surface area (Å²) in [6.07, 6.45) is 4.43. The maximum atomic E-state index is 13.0. The van der Waals surface area contributed by atoms with Gasteiger partial charge in [-0.3, -0.25) is 4.79 Å². The van der Waals surface area contributed by atoms with Gasteiger partial charge in [-0.1, -0.05) is 30.3 Å². The monoisotopic (exact) mass is 412 g/mol. The molecule has 0 N–H and O–H groups in total. The highest BCUT2D eigenvalue weighted by Gasteiger charge is 2.22. The van der Waals surface area contributed by atoms with Crippen molar-refractivity contribution in [1.29, 1.82) is 0 Å². The van der Waals surface area contributed by atoms with Crippen LogP contribution in [0.1, 0.15) is 30.4 Å². The summed E-state index contributed by atoms with van der Waals surface area (Å²) in [7, 11) is 3.62. The molecule has 1 aliphatic heterocycles. The molecule has 0 radical (unpaired) electrons. The molecule has 0 unspecified atom stereocenters. The Labute approximate surface area is 179 Å². The number of aryl methyl sites for hydroxylation is 1. The summed E-state index contributed by atoms with van der Waals surface area (Å²) in [6.45, 7) is 3.96. The molecule has 30 heavy (non-hydrogen) atoms. The van der Waals surface area contributed by atoms with Gasteiger partial charge in [0.15, 0.2) is 0 Å². The number of carbonyl (C=O) groups is 1. The van der Waals surface area contributed by atoms with E-state index in [-0.39, 0.29) is 11.7 Å². The van der Waals surface area contributed by atoms with Gasteiger partial charge in [-0.15, -0.1) is 0 Å². The average molecular weight is 413 g/mol. The summed E-state index contributed by atoms with van der Waals surface area (Å²) in [5.41, 5.74) is 2.24. The fraction of sp³-hybridized carbons (Fsp3) is 0.480. The largest absolute Gasteiger partial charge is 0.496 e. The summed E-state index contributed by atoms with van der Waals surface area (Å²) in [6, 6.07) is 14.6. The van der Waals surface area contributed by atoms with Gasteiger partial charge >= 0.3 is 0 Å². The maximum Gasteiger partial charge on any atom is 0.222 e. The molecule has 5 heteroatoms. The topological polar surface area (TPSA) is 32.8 Å². The number of benzene rings is 2. The minimum atomic E-state index is -0.241. The molecular formula is C25H33FN2O2. The number of amides is 1. The van der Waals surface area contributed by atoms with E-state index in [1.54, 1.807) is 19.2 Å². The second-order valence-electron chi connectivity index (χ2n) is 8.27. The van der Waals surface area contributed by atoms with Gasteiger partial charge in [0.05, 0.1) is 7.11 Å². The zero-order chi connectivity index (χ0) is 21.3. The molecule has 1 amide bonds. The molecule has 2 aromatic carbocycles. The molecule has 1 aliphatic rings. The van der Waals surface area contributed by atoms with Gasteiger partial charge in [-0.25, -0.2) is 4.39 Å². The van der Waals surface area contributed by atoms with Crippen LogP contribution in [-0.4, -0.2) is 56.0 Å². The van der Waals surface area contributed by atoms with Crippen molar-refractivity contribution >= 4 is 5.91 Å². The number of nitrogens with zero attached hydrogens (tertiary/aromatic N) is 2. The summed E-state index contributed by atoms with van der Waals surface area (Å²) in [5.74, 6) is 1.38. The minimum Gasteiger partial charge on any atom is -0.496 e. The highest BCUT2D eigenvalue weighted by Crippen LogP contribution is 2.21. The molecule has 3 rings (SSSR count). The van der Waals surface area contributed by atoms with Crippen molar-refractivity contribution in [1.82, 2.24) is 9.80 Å². The van der Waals surface area contributed by atoms with Crippen LogP contribution >= 0.6 is 0 Å². The first-order chi connectivity index (χ1) is 14.5. The molecule has 0 aliphatic carbocycles. The molecule has 2 aromatic rings. The van der Waals surface area contributed by atoms with Crippen LogP contribution in [-0.2, 0) is 17.6 Å². The standard InChI is InChI=1S/C25H33FN2O2/c1-27(25(29)14-11-20-9-12-23(26)13-10-20)18-21-6-5-16-28(19-21)17-15-22-7-3-4-8-24(22)30-2/h3-4,7-10,12-13,21H,5-6,11,14-19H2,1-2H3/t21-/m0/s1. The quantitative estimate of drug-likeness (QED) is 0.619. The Balaban J connectivity index is 1.43. The third kappa shape index (κ3) is 6.56. The normalized spacial score (nSPS) is 17.0. The third-order valence-electron chi connectivity index (χ3n) is 5.99. The first-order valence-corrected chi connectivity index (χ1v) is 10.9. The van der Waals surface area contributed by atoms with Crippen LogP contribution in [0.2, 0.25) is 0 Å². The second kappa shape index (κ2) is 11.1. The number of hydrogen-bond donors (Lipinski definition) is 0. The average Bonchev–Trinajstić information content (AvgIpc) is 2.77. The van der Waals surface area contributed by atoms with Crippen molar-refractivity contribution in [3.8, 4) is 5.75 Å². The number of halogens is 1. The Morgan fingerprint density at radius 1 is 1.17 bits per heavy atom. The fourth-order valence-electron chi connectivity index (χ4n) is 4.27. The lowest BCUT2D eigenvalue weighted by atomic mass is 9.96. The van der Waals surface area contributed by atoms with Gasteiger partial charge in [0, 0.05) is 33.1 Å². The van der Waals surface area contributed by atoms with E-state index in [4.69, 9.17) is 4.74 Å². The van der Waals surface area contributed by atoms with Crippen LogP contribution in [0.5, 0.6) is 5.75 Å². The Morgan fingerprint density at radius 2 is 1.93 bits per heavy atom. The van der Waals surface area contributed by atoms with Crippen LogP contribution in [0.15, 0.2) is 48.5 Å². The lowest BCUT2D eigenvalue weighted by Gasteiger charge is -2.35. The Hall–Kier alpha value is -2.40. The molecule has 162 valence electrons. The first-order valence-electron chi connectivity index (χ1n) is 10.9. The molecular weight excluding hydrogens is 379 g/mol. The summed E-state index contributed by atoms with van der Waals surface area (Å²) < 4.78 is 18.5. The molecule has 0 aromatic heterocycles. The summed E-state index contributed by atoms with van der Waals surface area (Å²) in [5, 5.41) is 0. The van der Waals surface area contributed by atoms with E-state index in [0.29, 0.717) is 18.8 Å². The number of likely N-dealkylation sites (tertiary alicyclic amines) is 1. The smallest absolute Gasteiger partial charge is 0.222 e. The number of methoxy groups -OCH3 is 1. The van der Waals surface area contributed by atoms with Crippen molar-refractivity contribution in [2.45, 2.75) is 32.1 Å². The van der Waals surface area contributed by atoms with Crippen molar-refractivity contribution in [3.05, 3.63) is 65.5 Å². The van der Waals surface area contributed by atoms with Crippen molar-refractivity contribution in [3.63, 3.8) is 0 Å². The van der Waals surface area contributed by atoms with Crippen LogP contribution < -0.4 is 4.74 Å². The molecule has 0 saturated carbocycles. The van der Waals surface area contributed by atoms with Crippen LogP contribution in [0.25, 0.3) is 0 Å². The Kier molecular flexibility index (Phi) is 8.26. The van der Waals surface area contributed by atoms with Gasteiger partial charge in [-0.2, -0.15) is 0 Å². The summed E-state index contributed by atoms with van der Waals surface area (Å²) >= 11 is 0. The molecule has 4 nitrogen and oxygen atoms in total. The van der Waals surface area contributed by atoms with Gasteiger partial charge in [0.1, 0.15) is 11.6 Å². The number of rotatable bonds is 9. The van der Waals surface area contributed by atoms with E-state index in [9.17, 15) is 9.18 Å². The summed E-state index contributed by atoms with van der Waals surface area (Å²) in [4.78, 5) is 16.9. The van der Waals surface area contributed by atoms with Crippen LogP contribution in [0, 0.1) is 11.7 Å². The van der Waals surface area contributed by atoms with Crippen molar-refractivity contribution in [2.24, 2.45) is 5.92 Å². The number of para-hydroxylation sites is 1. The molecule has 1 atom stereocenters. The predicted molar refractivity (Wildman–Crippen MR) is 118 cm³/mol. The second-order valence-corrected chi connectivity index (χ2v) is 8.27. The van der Waals surface area contributed by atoms with E-state index in [1.165, 1.54) is 30.5 Å². The number of ether oxygens (including phenoxy) is 1. The van der Waals surface area contributed by atoms with E-state index < -0.39 is 0 Å².